The Kier molecular flexibility index (Phi) is 7.16. The van der Waals surface area contributed by atoms with Crippen LogP contribution >= 0.6 is 0 Å². The number of ether oxygens (including phenoxy) is 1. The van der Waals surface area contributed by atoms with Crippen LogP contribution in [0.4, 0.5) is 0 Å². The Labute approximate surface area is 143 Å². The second kappa shape index (κ2) is 9.12. The zero-order valence-corrected chi connectivity index (χ0v) is 14.6. The topological polar surface area (TPSA) is 102 Å². The minimum atomic E-state index is -3.46. The molecule has 1 saturated heterocycles. The highest BCUT2D eigenvalue weighted by Gasteiger charge is 2.25. The minimum absolute atomic E-state index is 0.0199. The molecule has 0 radical (unpaired) electrons. The second-order valence-corrected chi connectivity index (χ2v) is 7.59. The molecule has 1 aromatic rings. The van der Waals surface area contributed by atoms with E-state index < -0.39 is 10.0 Å². The Morgan fingerprint density at radius 2 is 1.88 bits per heavy atom. The fourth-order valence-corrected chi connectivity index (χ4v) is 3.85. The molecule has 1 heterocycles. The molecular formula is C16H25N3O4S. The van der Waals surface area contributed by atoms with Crippen LogP contribution in [0.25, 0.3) is 0 Å². The van der Waals surface area contributed by atoms with Crippen molar-refractivity contribution in [3.05, 3.63) is 29.8 Å². The van der Waals surface area contributed by atoms with E-state index in [0.717, 1.165) is 12.0 Å². The van der Waals surface area contributed by atoms with Gasteiger partial charge >= 0.3 is 0 Å². The van der Waals surface area contributed by atoms with Crippen LogP contribution < -0.4 is 11.1 Å². The Bertz CT molecular complexity index is 625. The Morgan fingerprint density at radius 3 is 2.50 bits per heavy atom. The van der Waals surface area contributed by atoms with Gasteiger partial charge in [-0.3, -0.25) is 4.79 Å². The van der Waals surface area contributed by atoms with Crippen molar-refractivity contribution in [1.82, 2.24) is 9.62 Å². The standard InChI is InChI=1S/C16H25N3O4S/c17-8-1-9-18-16(20)7-4-14-2-5-15(6-3-14)24(21,22)19-10-12-23-13-11-19/h2-3,5-6H,1,4,7-13,17H2,(H,18,20). The first-order valence-corrected chi connectivity index (χ1v) is 9.61. The summed E-state index contributed by atoms with van der Waals surface area (Å²) in [5.41, 5.74) is 6.31. The van der Waals surface area contributed by atoms with E-state index in [-0.39, 0.29) is 10.8 Å². The van der Waals surface area contributed by atoms with E-state index in [1.165, 1.54) is 4.31 Å². The Balaban J connectivity index is 1.89. The van der Waals surface area contributed by atoms with Gasteiger partial charge in [0.05, 0.1) is 18.1 Å². The normalized spacial score (nSPS) is 16.0. The lowest BCUT2D eigenvalue weighted by Crippen LogP contribution is -2.40. The molecule has 7 nitrogen and oxygen atoms in total. The van der Waals surface area contributed by atoms with E-state index in [4.69, 9.17) is 10.5 Å². The molecule has 0 atom stereocenters. The third-order valence-corrected chi connectivity index (χ3v) is 5.79. The van der Waals surface area contributed by atoms with Crippen molar-refractivity contribution < 1.29 is 17.9 Å². The average molecular weight is 355 g/mol. The van der Waals surface area contributed by atoms with Crippen LogP contribution in [-0.2, 0) is 26.0 Å². The van der Waals surface area contributed by atoms with Gasteiger partial charge in [0, 0.05) is 26.1 Å². The quantitative estimate of drug-likeness (QED) is 0.644. The molecular weight excluding hydrogens is 330 g/mol. The average Bonchev–Trinajstić information content (AvgIpc) is 2.61. The fourth-order valence-electron chi connectivity index (χ4n) is 2.44. The smallest absolute Gasteiger partial charge is 0.243 e. The largest absolute Gasteiger partial charge is 0.379 e. The number of nitrogens with one attached hydrogen (secondary N) is 1. The first-order valence-electron chi connectivity index (χ1n) is 8.17. The highest BCUT2D eigenvalue weighted by molar-refractivity contribution is 7.89. The van der Waals surface area contributed by atoms with Crippen molar-refractivity contribution in [2.45, 2.75) is 24.2 Å². The van der Waals surface area contributed by atoms with Crippen LogP contribution in [0.15, 0.2) is 29.2 Å². The van der Waals surface area contributed by atoms with Gasteiger partial charge in [-0.05, 0) is 37.1 Å². The lowest BCUT2D eigenvalue weighted by atomic mass is 10.1. The number of carbonyl (C=O) groups excluding carboxylic acids is 1. The molecule has 2 rings (SSSR count). The van der Waals surface area contributed by atoms with Crippen LogP contribution in [0.1, 0.15) is 18.4 Å². The molecule has 0 saturated carbocycles. The predicted octanol–water partition coefficient (Wildman–Crippen LogP) is 0.105. The number of hydrogen-bond donors (Lipinski definition) is 2. The van der Waals surface area contributed by atoms with E-state index in [9.17, 15) is 13.2 Å². The Hall–Kier alpha value is -1.48. The van der Waals surface area contributed by atoms with Gasteiger partial charge in [-0.25, -0.2) is 8.42 Å². The van der Waals surface area contributed by atoms with Gasteiger partial charge in [-0.15, -0.1) is 0 Å². The van der Waals surface area contributed by atoms with Crippen molar-refractivity contribution in [3.63, 3.8) is 0 Å². The number of rotatable bonds is 8. The van der Waals surface area contributed by atoms with Gasteiger partial charge in [-0.2, -0.15) is 4.31 Å². The summed E-state index contributed by atoms with van der Waals surface area (Å²) in [6, 6.07) is 6.74. The second-order valence-electron chi connectivity index (χ2n) is 5.65. The number of nitrogens with zero attached hydrogens (tertiary/aromatic N) is 1. The number of morpholine rings is 1. The molecule has 0 aliphatic carbocycles. The zero-order chi connectivity index (χ0) is 17.4. The maximum absolute atomic E-state index is 12.5. The summed E-state index contributed by atoms with van der Waals surface area (Å²) in [4.78, 5) is 11.9. The SMILES string of the molecule is NCCCNC(=O)CCc1ccc(S(=O)(=O)N2CCOCC2)cc1. The summed E-state index contributed by atoms with van der Waals surface area (Å²) in [5.74, 6) is -0.0199. The molecule has 8 heteroatoms. The number of nitrogens with two attached hydrogens (primary N) is 1. The summed E-state index contributed by atoms with van der Waals surface area (Å²) < 4.78 is 31.6. The van der Waals surface area contributed by atoms with Gasteiger partial charge in [0.15, 0.2) is 0 Å². The van der Waals surface area contributed by atoms with Gasteiger partial charge in [0.1, 0.15) is 0 Å². The molecule has 134 valence electrons. The summed E-state index contributed by atoms with van der Waals surface area (Å²) in [5, 5.41) is 2.80. The molecule has 0 aromatic heterocycles. The molecule has 1 aliphatic heterocycles. The van der Waals surface area contributed by atoms with Crippen LogP contribution in [0.3, 0.4) is 0 Å². The third-order valence-electron chi connectivity index (χ3n) is 3.87. The highest BCUT2D eigenvalue weighted by atomic mass is 32.2. The van der Waals surface area contributed by atoms with Crippen molar-refractivity contribution in [1.29, 1.82) is 0 Å². The number of carbonyl (C=O) groups is 1. The molecule has 1 fully saturated rings. The van der Waals surface area contributed by atoms with E-state index >= 15 is 0 Å². The van der Waals surface area contributed by atoms with E-state index in [1.807, 2.05) is 0 Å². The van der Waals surface area contributed by atoms with Gasteiger partial charge < -0.3 is 15.8 Å². The number of benzene rings is 1. The number of sulfonamides is 1. The third kappa shape index (κ3) is 5.27. The molecule has 24 heavy (non-hydrogen) atoms. The maximum atomic E-state index is 12.5. The number of aryl methyl sites for hydroxylation is 1. The first-order chi connectivity index (χ1) is 11.5. The molecule has 3 N–H and O–H groups in total. The predicted molar refractivity (Wildman–Crippen MR) is 91.0 cm³/mol. The maximum Gasteiger partial charge on any atom is 0.243 e. The monoisotopic (exact) mass is 355 g/mol. The van der Waals surface area contributed by atoms with E-state index in [1.54, 1.807) is 24.3 Å². The van der Waals surface area contributed by atoms with Crippen LogP contribution in [-0.4, -0.2) is 58.0 Å². The summed E-state index contributed by atoms with van der Waals surface area (Å²) in [6.45, 7) is 2.76. The fraction of sp³-hybridized carbons (Fsp3) is 0.562. The number of hydrogen-bond acceptors (Lipinski definition) is 5. The highest BCUT2D eigenvalue weighted by Crippen LogP contribution is 2.18. The minimum Gasteiger partial charge on any atom is -0.379 e. The van der Waals surface area contributed by atoms with E-state index in [0.29, 0.717) is 52.2 Å². The molecule has 1 aromatic carbocycles. The summed E-state index contributed by atoms with van der Waals surface area (Å²) in [7, 11) is -3.46. The molecule has 1 amide bonds. The molecule has 0 unspecified atom stereocenters. The van der Waals surface area contributed by atoms with E-state index in [2.05, 4.69) is 5.32 Å². The van der Waals surface area contributed by atoms with Crippen LogP contribution in [0, 0.1) is 0 Å². The van der Waals surface area contributed by atoms with Gasteiger partial charge in [0.2, 0.25) is 15.9 Å². The van der Waals surface area contributed by atoms with Crippen molar-refractivity contribution in [2.75, 3.05) is 39.4 Å². The molecule has 0 spiro atoms. The molecule has 1 aliphatic rings. The summed E-state index contributed by atoms with van der Waals surface area (Å²) in [6.07, 6.45) is 1.71. The van der Waals surface area contributed by atoms with Crippen LogP contribution in [0.2, 0.25) is 0 Å². The van der Waals surface area contributed by atoms with Gasteiger partial charge in [-0.1, -0.05) is 12.1 Å². The lowest BCUT2D eigenvalue weighted by molar-refractivity contribution is -0.121. The van der Waals surface area contributed by atoms with Crippen molar-refractivity contribution in [2.24, 2.45) is 5.73 Å². The summed E-state index contributed by atoms with van der Waals surface area (Å²) >= 11 is 0. The zero-order valence-electron chi connectivity index (χ0n) is 13.7. The van der Waals surface area contributed by atoms with Crippen molar-refractivity contribution in [3.8, 4) is 0 Å². The lowest BCUT2D eigenvalue weighted by Gasteiger charge is -2.26. The first kappa shape index (κ1) is 18.9. The Morgan fingerprint density at radius 1 is 1.21 bits per heavy atom. The number of amides is 1. The molecule has 0 bridgehead atoms. The van der Waals surface area contributed by atoms with Crippen LogP contribution in [0.5, 0.6) is 0 Å². The van der Waals surface area contributed by atoms with Gasteiger partial charge in [0.25, 0.3) is 0 Å². The van der Waals surface area contributed by atoms with Crippen molar-refractivity contribution >= 4 is 15.9 Å².